The van der Waals surface area contributed by atoms with Gasteiger partial charge in [0.1, 0.15) is 30.3 Å². The summed E-state index contributed by atoms with van der Waals surface area (Å²) in [6, 6.07) is 27.7. The fourth-order valence-electron chi connectivity index (χ4n) is 4.09. The second-order valence-corrected chi connectivity index (χ2v) is 9.42. The van der Waals surface area contributed by atoms with Crippen molar-refractivity contribution in [2.24, 2.45) is 0 Å². The van der Waals surface area contributed by atoms with Crippen LogP contribution in [0.3, 0.4) is 0 Å². The number of rotatable bonds is 9. The topological polar surface area (TPSA) is 82.2 Å². The lowest BCUT2D eigenvalue weighted by Gasteiger charge is -2.26. The zero-order valence-electron chi connectivity index (χ0n) is 21.1. The van der Waals surface area contributed by atoms with Crippen molar-refractivity contribution in [1.82, 2.24) is 14.8 Å². The van der Waals surface area contributed by atoms with Gasteiger partial charge in [-0.25, -0.2) is 14.1 Å². The molecule has 0 saturated heterocycles. The van der Waals surface area contributed by atoms with E-state index in [0.717, 1.165) is 5.56 Å². The van der Waals surface area contributed by atoms with Crippen LogP contribution in [0.15, 0.2) is 102 Å². The molecule has 2 heterocycles. The smallest absolute Gasteiger partial charge is 0.293 e. The third-order valence-electron chi connectivity index (χ3n) is 6.36. The first-order valence-electron chi connectivity index (χ1n) is 12.2. The largest absolute Gasteiger partial charge is 0.486 e. The average molecular weight is 511 g/mol. The summed E-state index contributed by atoms with van der Waals surface area (Å²) < 4.78 is 26.2. The molecule has 0 saturated carbocycles. The second kappa shape index (κ2) is 10.7. The second-order valence-electron chi connectivity index (χ2n) is 9.42. The van der Waals surface area contributed by atoms with E-state index in [0.29, 0.717) is 18.1 Å². The van der Waals surface area contributed by atoms with Crippen molar-refractivity contribution in [2.75, 3.05) is 5.32 Å². The van der Waals surface area contributed by atoms with Crippen molar-refractivity contribution in [3.63, 3.8) is 0 Å². The summed E-state index contributed by atoms with van der Waals surface area (Å²) in [6.07, 6.45) is 1.49. The van der Waals surface area contributed by atoms with Crippen molar-refractivity contribution in [1.29, 1.82) is 0 Å². The lowest BCUT2D eigenvalue weighted by atomic mass is 9.78. The van der Waals surface area contributed by atoms with Gasteiger partial charge >= 0.3 is 0 Å². The van der Waals surface area contributed by atoms with Crippen LogP contribution in [0.25, 0.3) is 0 Å². The van der Waals surface area contributed by atoms with E-state index in [4.69, 9.17) is 9.15 Å². The molecular weight excluding hydrogens is 483 g/mol. The number of benzene rings is 3. The van der Waals surface area contributed by atoms with Gasteiger partial charge in [0.25, 0.3) is 5.91 Å². The molecule has 1 amide bonds. The number of carbonyl (C=O) groups excluding carboxylic acids is 1. The number of hydrogen-bond donors (Lipinski definition) is 1. The lowest BCUT2D eigenvalue weighted by Crippen LogP contribution is -2.18. The molecule has 0 bridgehead atoms. The van der Waals surface area contributed by atoms with Crippen molar-refractivity contribution >= 4 is 11.9 Å². The average Bonchev–Trinajstić information content (AvgIpc) is 3.59. The van der Waals surface area contributed by atoms with Gasteiger partial charge in [-0.1, -0.05) is 68.4 Å². The van der Waals surface area contributed by atoms with Crippen molar-refractivity contribution in [3.8, 4) is 5.75 Å². The molecule has 8 heteroatoms. The van der Waals surface area contributed by atoms with Gasteiger partial charge in [-0.15, -0.1) is 5.10 Å². The molecule has 7 nitrogen and oxygen atoms in total. The summed E-state index contributed by atoms with van der Waals surface area (Å²) in [5.74, 6) is 0.713. The molecule has 5 rings (SSSR count). The van der Waals surface area contributed by atoms with Crippen molar-refractivity contribution in [2.45, 2.75) is 32.4 Å². The van der Waals surface area contributed by atoms with E-state index in [9.17, 15) is 9.18 Å². The van der Waals surface area contributed by atoms with Gasteiger partial charge in [-0.2, -0.15) is 0 Å². The fraction of sp³-hybridized carbons (Fsp3) is 0.167. The molecule has 0 aliphatic carbocycles. The van der Waals surface area contributed by atoms with Crippen LogP contribution in [0.2, 0.25) is 0 Å². The maximum absolute atomic E-state index is 13.1. The molecule has 0 spiro atoms. The van der Waals surface area contributed by atoms with Crippen LogP contribution in [-0.2, 0) is 18.6 Å². The maximum Gasteiger partial charge on any atom is 0.293 e. The molecular formula is C30H27FN4O3. The van der Waals surface area contributed by atoms with Gasteiger partial charge in [0.2, 0.25) is 5.95 Å². The number of carbonyl (C=O) groups is 1. The van der Waals surface area contributed by atoms with E-state index in [1.807, 2.05) is 30.3 Å². The van der Waals surface area contributed by atoms with Gasteiger partial charge in [-0.05, 0) is 53.1 Å². The highest BCUT2D eigenvalue weighted by Crippen LogP contribution is 2.32. The third-order valence-corrected chi connectivity index (χ3v) is 6.36. The summed E-state index contributed by atoms with van der Waals surface area (Å²) >= 11 is 0. The summed E-state index contributed by atoms with van der Waals surface area (Å²) in [6.45, 7) is 4.97. The number of amides is 1. The minimum Gasteiger partial charge on any atom is -0.486 e. The van der Waals surface area contributed by atoms with Gasteiger partial charge in [0, 0.05) is 5.41 Å². The highest BCUT2D eigenvalue weighted by molar-refractivity contribution is 6.01. The Bertz CT molecular complexity index is 1510. The minimum atomic E-state index is -0.469. The maximum atomic E-state index is 13.1. The molecule has 0 atom stereocenters. The Morgan fingerprint density at radius 3 is 2.39 bits per heavy atom. The monoisotopic (exact) mass is 510 g/mol. The predicted octanol–water partition coefficient (Wildman–Crippen LogP) is 6.22. The van der Waals surface area contributed by atoms with E-state index in [-0.39, 0.29) is 29.5 Å². The number of furan rings is 1. The summed E-state index contributed by atoms with van der Waals surface area (Å²) in [4.78, 5) is 16.7. The minimum absolute atomic E-state index is 0.124. The number of nitrogens with zero attached hydrogens (tertiary/aromatic N) is 3. The molecule has 192 valence electrons. The highest BCUT2D eigenvalue weighted by atomic mass is 19.1. The Kier molecular flexibility index (Phi) is 7.04. The van der Waals surface area contributed by atoms with Gasteiger partial charge in [0.15, 0.2) is 5.76 Å². The summed E-state index contributed by atoms with van der Waals surface area (Å²) in [7, 11) is 0. The van der Waals surface area contributed by atoms with Crippen LogP contribution in [0.5, 0.6) is 5.75 Å². The number of nitrogens with one attached hydrogen (secondary N) is 1. The molecule has 5 aromatic rings. The van der Waals surface area contributed by atoms with Crippen LogP contribution in [0.4, 0.5) is 10.3 Å². The standard InChI is InChI=1S/C30H27FN4O3/c1-30(2,22-6-4-3-5-7-22)23-10-14-25(15-11-23)37-19-26-16-17-27(38-26)28(36)33-29-32-20-35(34-29)18-21-8-12-24(31)13-9-21/h3-17,20H,18-19H2,1-2H3,(H,33,34,36). The number of ether oxygens (including phenoxy) is 1. The number of halogens is 1. The van der Waals surface area contributed by atoms with Crippen molar-refractivity contribution < 1.29 is 18.3 Å². The first-order valence-corrected chi connectivity index (χ1v) is 12.2. The summed E-state index contributed by atoms with van der Waals surface area (Å²) in [5, 5.41) is 6.85. The zero-order chi connectivity index (χ0) is 26.5. The first-order chi connectivity index (χ1) is 18.4. The van der Waals surface area contributed by atoms with Gasteiger partial charge in [0.05, 0.1) is 6.54 Å². The molecule has 0 fully saturated rings. The van der Waals surface area contributed by atoms with Crippen LogP contribution in [0, 0.1) is 5.82 Å². The third kappa shape index (κ3) is 5.81. The molecule has 38 heavy (non-hydrogen) atoms. The molecule has 0 aliphatic heterocycles. The van der Waals surface area contributed by atoms with Crippen LogP contribution >= 0.6 is 0 Å². The fourth-order valence-corrected chi connectivity index (χ4v) is 4.09. The van der Waals surface area contributed by atoms with Crippen molar-refractivity contribution in [3.05, 3.63) is 131 Å². The first kappa shape index (κ1) is 25.0. The van der Waals surface area contributed by atoms with E-state index in [1.54, 1.807) is 28.9 Å². The molecule has 3 aromatic carbocycles. The van der Waals surface area contributed by atoms with Gasteiger partial charge in [-0.3, -0.25) is 10.1 Å². The number of hydrogen-bond acceptors (Lipinski definition) is 5. The normalized spacial score (nSPS) is 11.3. The molecule has 1 N–H and O–H groups in total. The Hall–Kier alpha value is -4.72. The SMILES string of the molecule is CC(C)(c1ccccc1)c1ccc(OCc2ccc(C(=O)Nc3ncn(Cc4ccc(F)cc4)n3)o2)cc1. The summed E-state index contributed by atoms with van der Waals surface area (Å²) in [5.41, 5.74) is 3.15. The lowest BCUT2D eigenvalue weighted by molar-refractivity contribution is 0.0991. The Morgan fingerprint density at radius 1 is 0.947 bits per heavy atom. The molecule has 0 aliphatic rings. The van der Waals surface area contributed by atoms with Gasteiger partial charge < -0.3 is 9.15 Å². The molecule has 2 aromatic heterocycles. The van der Waals surface area contributed by atoms with E-state index < -0.39 is 5.91 Å². The number of aromatic nitrogens is 3. The Balaban J connectivity index is 1.15. The Labute approximate surface area is 219 Å². The predicted molar refractivity (Wildman–Crippen MR) is 142 cm³/mol. The van der Waals surface area contributed by atoms with Crippen LogP contribution in [-0.4, -0.2) is 20.7 Å². The van der Waals surface area contributed by atoms with Crippen LogP contribution in [0.1, 0.15) is 46.9 Å². The van der Waals surface area contributed by atoms with Crippen LogP contribution < -0.4 is 10.1 Å². The van der Waals surface area contributed by atoms with E-state index in [1.165, 1.54) is 29.6 Å². The zero-order valence-corrected chi connectivity index (χ0v) is 21.1. The Morgan fingerprint density at radius 2 is 1.66 bits per heavy atom. The molecule has 0 radical (unpaired) electrons. The quantitative estimate of drug-likeness (QED) is 0.255. The van der Waals surface area contributed by atoms with E-state index >= 15 is 0 Å². The molecule has 0 unspecified atom stereocenters. The number of anilines is 1. The van der Waals surface area contributed by atoms with E-state index in [2.05, 4.69) is 53.5 Å². The highest BCUT2D eigenvalue weighted by Gasteiger charge is 2.22.